The predicted octanol–water partition coefficient (Wildman–Crippen LogP) is 4.57. The molecule has 4 heteroatoms. The normalized spacial score (nSPS) is 11.6. The first-order chi connectivity index (χ1) is 11.2. The zero-order valence-electron chi connectivity index (χ0n) is 14.9. The van der Waals surface area contributed by atoms with Crippen LogP contribution in [0.4, 0.5) is 0 Å². The van der Waals surface area contributed by atoms with Crippen molar-refractivity contribution in [3.63, 3.8) is 0 Å². The second-order valence-corrected chi connectivity index (χ2v) is 7.01. The highest BCUT2D eigenvalue weighted by molar-refractivity contribution is 7.99. The van der Waals surface area contributed by atoms with E-state index in [-0.39, 0.29) is 5.97 Å². The number of esters is 1. The summed E-state index contributed by atoms with van der Waals surface area (Å²) in [7, 11) is 1.44. The minimum atomic E-state index is -0.425. The van der Waals surface area contributed by atoms with Crippen LogP contribution in [0.15, 0.2) is 0 Å². The number of methoxy groups -OCH3 is 1. The monoisotopic (exact) mass is 342 g/mol. The van der Waals surface area contributed by atoms with Gasteiger partial charge in [-0.05, 0) is 37.2 Å². The van der Waals surface area contributed by atoms with E-state index >= 15 is 0 Å². The van der Waals surface area contributed by atoms with Gasteiger partial charge in [0.25, 0.3) is 0 Å². The maximum atomic E-state index is 10.9. The summed E-state index contributed by atoms with van der Waals surface area (Å²) >= 11 is 1.93. The Hall–Kier alpha value is -0.660. The minimum Gasteiger partial charge on any atom is -0.469 e. The van der Waals surface area contributed by atoms with Crippen LogP contribution in [0.2, 0.25) is 0 Å². The molecule has 0 bridgehead atoms. The Morgan fingerprint density at radius 3 is 2.52 bits per heavy atom. The zero-order valence-corrected chi connectivity index (χ0v) is 15.8. The molecule has 1 unspecified atom stereocenters. The van der Waals surface area contributed by atoms with E-state index in [0.29, 0.717) is 6.42 Å². The first kappa shape index (κ1) is 22.3. The third kappa shape index (κ3) is 17.5. The van der Waals surface area contributed by atoms with Gasteiger partial charge < -0.3 is 9.84 Å². The highest BCUT2D eigenvalue weighted by Crippen LogP contribution is 2.11. The SMILES string of the molecule is CCCCC(O)C#CCCCCCCCSCCCC(=O)OC. The van der Waals surface area contributed by atoms with Crippen LogP contribution in [-0.4, -0.2) is 35.8 Å². The molecule has 134 valence electrons. The average Bonchev–Trinajstić information content (AvgIpc) is 2.56. The molecule has 0 aromatic rings. The number of carbonyl (C=O) groups is 1. The maximum Gasteiger partial charge on any atom is 0.305 e. The van der Waals surface area contributed by atoms with Gasteiger partial charge in [0.05, 0.1) is 7.11 Å². The molecule has 23 heavy (non-hydrogen) atoms. The molecule has 3 nitrogen and oxygen atoms in total. The molecule has 0 amide bonds. The van der Waals surface area contributed by atoms with Crippen LogP contribution in [-0.2, 0) is 9.53 Å². The van der Waals surface area contributed by atoms with Crippen molar-refractivity contribution in [3.8, 4) is 11.8 Å². The van der Waals surface area contributed by atoms with Crippen molar-refractivity contribution < 1.29 is 14.6 Å². The first-order valence-corrected chi connectivity index (χ1v) is 10.2. The summed E-state index contributed by atoms with van der Waals surface area (Å²) < 4.78 is 4.61. The van der Waals surface area contributed by atoms with Crippen molar-refractivity contribution in [2.75, 3.05) is 18.6 Å². The van der Waals surface area contributed by atoms with Gasteiger partial charge in [-0.1, -0.05) is 44.9 Å². The van der Waals surface area contributed by atoms with Crippen molar-refractivity contribution in [1.29, 1.82) is 0 Å². The minimum absolute atomic E-state index is 0.105. The first-order valence-electron chi connectivity index (χ1n) is 9.01. The van der Waals surface area contributed by atoms with E-state index in [9.17, 15) is 9.90 Å². The standard InChI is InChI=1S/C19H34O3S/c1-3-4-13-18(20)14-10-8-6-5-7-9-11-16-23-17-12-15-19(21)22-2/h18,20H,3-9,11-13,15-17H2,1-2H3. The van der Waals surface area contributed by atoms with Crippen molar-refractivity contribution in [1.82, 2.24) is 0 Å². The number of hydrogen-bond donors (Lipinski definition) is 1. The average molecular weight is 343 g/mol. The van der Waals surface area contributed by atoms with E-state index < -0.39 is 6.10 Å². The molecular formula is C19H34O3S. The van der Waals surface area contributed by atoms with Crippen LogP contribution in [0.1, 0.15) is 77.6 Å². The number of unbranched alkanes of at least 4 members (excludes halogenated alkanes) is 6. The summed E-state index contributed by atoms with van der Waals surface area (Å²) in [6.07, 6.45) is 11.1. The van der Waals surface area contributed by atoms with Crippen molar-refractivity contribution in [3.05, 3.63) is 0 Å². The zero-order chi connectivity index (χ0) is 17.2. The van der Waals surface area contributed by atoms with Gasteiger partial charge in [-0.15, -0.1) is 5.92 Å². The van der Waals surface area contributed by atoms with Crippen LogP contribution in [0.3, 0.4) is 0 Å². The van der Waals surface area contributed by atoms with E-state index in [4.69, 9.17) is 0 Å². The van der Waals surface area contributed by atoms with Crippen molar-refractivity contribution in [2.45, 2.75) is 83.7 Å². The van der Waals surface area contributed by atoms with E-state index in [1.165, 1.54) is 38.5 Å². The molecule has 0 rings (SSSR count). The Bertz CT molecular complexity index is 333. The summed E-state index contributed by atoms with van der Waals surface area (Å²) in [5.41, 5.74) is 0. The fourth-order valence-corrected chi connectivity index (χ4v) is 3.09. The summed E-state index contributed by atoms with van der Waals surface area (Å²) in [6, 6.07) is 0. The quantitative estimate of drug-likeness (QED) is 0.285. The highest BCUT2D eigenvalue weighted by atomic mass is 32.2. The number of carbonyl (C=O) groups excluding carboxylic acids is 1. The van der Waals surface area contributed by atoms with Gasteiger partial charge in [0, 0.05) is 12.8 Å². The lowest BCUT2D eigenvalue weighted by Crippen LogP contribution is -2.01. The predicted molar refractivity (Wildman–Crippen MR) is 99.6 cm³/mol. The number of thioether (sulfide) groups is 1. The van der Waals surface area contributed by atoms with Gasteiger partial charge in [-0.2, -0.15) is 11.8 Å². The van der Waals surface area contributed by atoms with E-state index in [1.807, 2.05) is 11.8 Å². The molecule has 0 fully saturated rings. The lowest BCUT2D eigenvalue weighted by Gasteiger charge is -2.02. The number of ether oxygens (including phenoxy) is 1. The Morgan fingerprint density at radius 2 is 1.78 bits per heavy atom. The molecule has 0 heterocycles. The number of aliphatic hydroxyl groups excluding tert-OH is 1. The molecular weight excluding hydrogens is 308 g/mol. The Balaban J connectivity index is 3.22. The van der Waals surface area contributed by atoms with E-state index in [1.54, 1.807) is 0 Å². The fourth-order valence-electron chi connectivity index (χ4n) is 2.13. The van der Waals surface area contributed by atoms with Crippen molar-refractivity contribution in [2.24, 2.45) is 0 Å². The number of hydrogen-bond acceptors (Lipinski definition) is 4. The smallest absolute Gasteiger partial charge is 0.305 e. The van der Waals surface area contributed by atoms with Gasteiger partial charge in [0.1, 0.15) is 6.10 Å². The van der Waals surface area contributed by atoms with Gasteiger partial charge in [-0.3, -0.25) is 4.79 Å². The molecule has 0 radical (unpaired) electrons. The third-order valence-electron chi connectivity index (χ3n) is 3.59. The summed E-state index contributed by atoms with van der Waals surface area (Å²) in [5, 5.41) is 9.58. The van der Waals surface area contributed by atoms with E-state index in [0.717, 1.165) is 44.3 Å². The van der Waals surface area contributed by atoms with Crippen LogP contribution in [0.5, 0.6) is 0 Å². The summed E-state index contributed by atoms with van der Waals surface area (Å²) in [5.74, 6) is 8.15. The number of rotatable bonds is 14. The Labute approximate surface area is 146 Å². The molecule has 0 aliphatic rings. The topological polar surface area (TPSA) is 46.5 Å². The number of aliphatic hydroxyl groups is 1. The largest absolute Gasteiger partial charge is 0.469 e. The second-order valence-electron chi connectivity index (χ2n) is 5.79. The van der Waals surface area contributed by atoms with Gasteiger partial charge in [0.2, 0.25) is 0 Å². The Kier molecular flexibility index (Phi) is 17.2. The molecule has 0 saturated carbocycles. The summed E-state index contributed by atoms with van der Waals surface area (Å²) in [6.45, 7) is 2.13. The third-order valence-corrected chi connectivity index (χ3v) is 4.74. The highest BCUT2D eigenvalue weighted by Gasteiger charge is 1.99. The molecule has 0 aliphatic heterocycles. The molecule has 0 saturated heterocycles. The Morgan fingerprint density at radius 1 is 1.09 bits per heavy atom. The van der Waals surface area contributed by atoms with Crippen LogP contribution in [0, 0.1) is 11.8 Å². The second kappa shape index (κ2) is 17.7. The molecule has 0 aromatic carbocycles. The van der Waals surface area contributed by atoms with Crippen LogP contribution in [0.25, 0.3) is 0 Å². The lowest BCUT2D eigenvalue weighted by molar-refractivity contribution is -0.140. The molecule has 1 atom stereocenters. The van der Waals surface area contributed by atoms with Gasteiger partial charge in [-0.25, -0.2) is 0 Å². The summed E-state index contributed by atoms with van der Waals surface area (Å²) in [4.78, 5) is 10.9. The molecule has 0 spiro atoms. The van der Waals surface area contributed by atoms with Gasteiger partial charge in [0.15, 0.2) is 0 Å². The molecule has 0 aromatic heterocycles. The van der Waals surface area contributed by atoms with Crippen molar-refractivity contribution >= 4 is 17.7 Å². The molecule has 0 aliphatic carbocycles. The fraction of sp³-hybridized carbons (Fsp3) is 0.842. The maximum absolute atomic E-state index is 10.9. The van der Waals surface area contributed by atoms with Crippen LogP contribution < -0.4 is 0 Å². The van der Waals surface area contributed by atoms with E-state index in [2.05, 4.69) is 23.5 Å². The lowest BCUT2D eigenvalue weighted by atomic mass is 10.1. The molecule has 1 N–H and O–H groups in total. The van der Waals surface area contributed by atoms with Crippen LogP contribution >= 0.6 is 11.8 Å². The van der Waals surface area contributed by atoms with Gasteiger partial charge >= 0.3 is 5.97 Å².